The van der Waals surface area contributed by atoms with Gasteiger partial charge >= 0.3 is 0 Å². The highest BCUT2D eigenvalue weighted by Gasteiger charge is 2.20. The minimum atomic E-state index is 0. The van der Waals surface area contributed by atoms with Crippen LogP contribution in [0.15, 0.2) is 41.5 Å². The van der Waals surface area contributed by atoms with Crippen LogP contribution < -0.4 is 10.6 Å². The second kappa shape index (κ2) is 10.6. The highest BCUT2D eigenvalue weighted by molar-refractivity contribution is 14.0. The Bertz CT molecular complexity index is 683. The Morgan fingerprint density at radius 3 is 2.88 bits per heavy atom. The number of aliphatic imine (C=N–C) groups is 1. The molecule has 1 aliphatic rings. The number of para-hydroxylation sites is 1. The molecule has 1 aliphatic carbocycles. The molecule has 25 heavy (non-hydrogen) atoms. The third-order valence-corrected chi connectivity index (χ3v) is 4.22. The quantitative estimate of drug-likeness (QED) is 0.278. The van der Waals surface area contributed by atoms with Gasteiger partial charge in [0.05, 0.1) is 5.52 Å². The van der Waals surface area contributed by atoms with Crippen LogP contribution in [0.1, 0.15) is 24.8 Å². The number of aromatic nitrogens is 1. The van der Waals surface area contributed by atoms with Gasteiger partial charge in [-0.05, 0) is 42.9 Å². The van der Waals surface area contributed by atoms with Crippen molar-refractivity contribution in [3.05, 3.63) is 42.1 Å². The van der Waals surface area contributed by atoms with Crippen molar-refractivity contribution in [2.75, 3.05) is 26.8 Å². The van der Waals surface area contributed by atoms with E-state index in [2.05, 4.69) is 26.7 Å². The summed E-state index contributed by atoms with van der Waals surface area (Å²) in [5.41, 5.74) is 2.24. The maximum absolute atomic E-state index is 5.64. The Morgan fingerprint density at radius 1 is 1.24 bits per heavy atom. The molecule has 0 spiro atoms. The smallest absolute Gasteiger partial charge is 0.191 e. The van der Waals surface area contributed by atoms with Crippen LogP contribution in [0.5, 0.6) is 0 Å². The van der Waals surface area contributed by atoms with Crippen LogP contribution in [0.2, 0.25) is 0 Å². The van der Waals surface area contributed by atoms with Crippen LogP contribution in [0.25, 0.3) is 10.9 Å². The zero-order chi connectivity index (χ0) is 16.6. The zero-order valence-electron chi connectivity index (χ0n) is 14.7. The van der Waals surface area contributed by atoms with Crippen LogP contribution >= 0.6 is 24.0 Å². The van der Waals surface area contributed by atoms with Crippen molar-refractivity contribution >= 4 is 40.8 Å². The van der Waals surface area contributed by atoms with Gasteiger partial charge in [0.2, 0.25) is 0 Å². The van der Waals surface area contributed by atoms with E-state index in [1.165, 1.54) is 23.8 Å². The van der Waals surface area contributed by atoms with E-state index >= 15 is 0 Å². The molecule has 0 unspecified atom stereocenters. The van der Waals surface area contributed by atoms with Gasteiger partial charge < -0.3 is 15.4 Å². The van der Waals surface area contributed by atoms with Gasteiger partial charge in [0, 0.05) is 44.9 Å². The normalized spacial score (nSPS) is 14.2. The number of rotatable bonds is 8. The minimum absolute atomic E-state index is 0. The molecule has 5 nitrogen and oxygen atoms in total. The van der Waals surface area contributed by atoms with Crippen LogP contribution in [0.3, 0.4) is 0 Å². The first-order valence-corrected chi connectivity index (χ1v) is 8.71. The average molecular weight is 454 g/mol. The van der Waals surface area contributed by atoms with E-state index in [1.807, 2.05) is 30.5 Å². The third kappa shape index (κ3) is 6.43. The summed E-state index contributed by atoms with van der Waals surface area (Å²) in [4.78, 5) is 8.67. The van der Waals surface area contributed by atoms with Crippen LogP contribution in [0, 0.1) is 5.92 Å². The fourth-order valence-corrected chi connectivity index (χ4v) is 2.62. The Balaban J connectivity index is 0.00000225. The number of hydrogen-bond acceptors (Lipinski definition) is 3. The fourth-order valence-electron chi connectivity index (χ4n) is 2.62. The summed E-state index contributed by atoms with van der Waals surface area (Å²) in [5.74, 6) is 1.65. The highest BCUT2D eigenvalue weighted by Crippen LogP contribution is 2.28. The lowest BCUT2D eigenvalue weighted by atomic mass is 10.1. The molecule has 6 heteroatoms. The lowest BCUT2D eigenvalue weighted by Gasteiger charge is -2.13. The van der Waals surface area contributed by atoms with E-state index < -0.39 is 0 Å². The number of guanidine groups is 1. The molecule has 0 amide bonds. The van der Waals surface area contributed by atoms with Crippen molar-refractivity contribution < 1.29 is 4.74 Å². The first-order valence-electron chi connectivity index (χ1n) is 8.71. The number of benzene rings is 1. The van der Waals surface area contributed by atoms with Crippen molar-refractivity contribution in [2.45, 2.75) is 25.8 Å². The summed E-state index contributed by atoms with van der Waals surface area (Å²) in [5, 5.41) is 7.88. The van der Waals surface area contributed by atoms with E-state index in [4.69, 9.17) is 4.74 Å². The second-order valence-corrected chi connectivity index (χ2v) is 6.21. The number of halogens is 1. The van der Waals surface area contributed by atoms with Crippen molar-refractivity contribution in [1.29, 1.82) is 0 Å². The van der Waals surface area contributed by atoms with Gasteiger partial charge in [-0.3, -0.25) is 9.98 Å². The molecule has 1 aromatic heterocycles. The maximum atomic E-state index is 5.64. The van der Waals surface area contributed by atoms with Gasteiger partial charge in [0.15, 0.2) is 5.96 Å². The number of fused-ring (bicyclic) bond motifs is 1. The molecule has 2 aromatic rings. The number of nitrogens with one attached hydrogen (secondary N) is 2. The van der Waals surface area contributed by atoms with E-state index in [-0.39, 0.29) is 24.0 Å². The Morgan fingerprint density at radius 2 is 2.08 bits per heavy atom. The van der Waals surface area contributed by atoms with Crippen molar-refractivity contribution in [3.63, 3.8) is 0 Å². The summed E-state index contributed by atoms with van der Waals surface area (Å²) in [7, 11) is 1.80. The van der Waals surface area contributed by atoms with Crippen LogP contribution in [-0.2, 0) is 11.3 Å². The highest BCUT2D eigenvalue weighted by atomic mass is 127. The minimum Gasteiger partial charge on any atom is -0.381 e. The first kappa shape index (κ1) is 19.9. The number of pyridine rings is 1. The molecule has 1 fully saturated rings. The van der Waals surface area contributed by atoms with Gasteiger partial charge in [-0.15, -0.1) is 24.0 Å². The van der Waals surface area contributed by atoms with E-state index in [1.54, 1.807) is 7.05 Å². The Labute approximate surface area is 166 Å². The van der Waals surface area contributed by atoms with Crippen molar-refractivity contribution in [2.24, 2.45) is 10.9 Å². The number of hydrogen-bond donors (Lipinski definition) is 2. The van der Waals surface area contributed by atoms with E-state index in [0.29, 0.717) is 0 Å². The van der Waals surface area contributed by atoms with Gasteiger partial charge in [0.1, 0.15) is 0 Å². The molecule has 2 N–H and O–H groups in total. The maximum Gasteiger partial charge on any atom is 0.191 e. The monoisotopic (exact) mass is 454 g/mol. The lowest BCUT2D eigenvalue weighted by molar-refractivity contribution is 0.123. The van der Waals surface area contributed by atoms with Gasteiger partial charge in [-0.2, -0.15) is 0 Å². The van der Waals surface area contributed by atoms with Crippen LogP contribution in [-0.4, -0.2) is 37.7 Å². The topological polar surface area (TPSA) is 58.5 Å². The number of ether oxygens (including phenoxy) is 1. The summed E-state index contributed by atoms with van der Waals surface area (Å²) < 4.78 is 5.64. The largest absolute Gasteiger partial charge is 0.381 e. The molecule has 1 saturated carbocycles. The van der Waals surface area contributed by atoms with E-state index in [9.17, 15) is 0 Å². The van der Waals surface area contributed by atoms with E-state index in [0.717, 1.165) is 50.1 Å². The Hall–Kier alpha value is -1.41. The van der Waals surface area contributed by atoms with Crippen LogP contribution in [0.4, 0.5) is 0 Å². The van der Waals surface area contributed by atoms with Gasteiger partial charge in [0.25, 0.3) is 0 Å². The lowest BCUT2D eigenvalue weighted by Crippen LogP contribution is -2.37. The fraction of sp³-hybridized carbons (Fsp3) is 0.474. The predicted molar refractivity (Wildman–Crippen MR) is 114 cm³/mol. The second-order valence-electron chi connectivity index (χ2n) is 6.21. The Kier molecular flexibility index (Phi) is 8.40. The summed E-state index contributed by atoms with van der Waals surface area (Å²) in [6.07, 6.45) is 5.54. The van der Waals surface area contributed by atoms with Gasteiger partial charge in [-0.1, -0.05) is 18.2 Å². The first-order chi connectivity index (χ1) is 11.9. The summed E-state index contributed by atoms with van der Waals surface area (Å²) in [6, 6.07) is 10.2. The molecule has 0 saturated heterocycles. The standard InChI is InChI=1S/C19H26N4O.HI/c1-20-19(22-10-4-12-24-14-15-7-8-15)23-13-16-9-11-21-18-6-3-2-5-17(16)18;/h2-3,5-6,9,11,15H,4,7-8,10,12-14H2,1H3,(H2,20,22,23);1H. The molecule has 1 aromatic carbocycles. The molecule has 0 bridgehead atoms. The molecular formula is C19H27IN4O. The molecular weight excluding hydrogens is 427 g/mol. The predicted octanol–water partition coefficient (Wildman–Crippen LogP) is 3.33. The number of nitrogens with zero attached hydrogens (tertiary/aromatic N) is 2. The molecule has 3 rings (SSSR count). The molecule has 0 aliphatic heterocycles. The third-order valence-electron chi connectivity index (χ3n) is 4.22. The summed E-state index contributed by atoms with van der Waals surface area (Å²) >= 11 is 0. The molecule has 0 radical (unpaired) electrons. The zero-order valence-corrected chi connectivity index (χ0v) is 17.0. The SMILES string of the molecule is CN=C(NCCCOCC1CC1)NCc1ccnc2ccccc12.I. The molecule has 0 atom stereocenters. The van der Waals surface area contributed by atoms with Gasteiger partial charge in [-0.25, -0.2) is 0 Å². The summed E-state index contributed by atoms with van der Waals surface area (Å²) in [6.45, 7) is 3.33. The van der Waals surface area contributed by atoms with Crippen molar-refractivity contribution in [1.82, 2.24) is 15.6 Å². The van der Waals surface area contributed by atoms with Crippen molar-refractivity contribution in [3.8, 4) is 0 Å². The average Bonchev–Trinajstić information content (AvgIpc) is 3.45. The molecule has 1 heterocycles. The molecule has 136 valence electrons.